The number of fused-ring (bicyclic) bond motifs is 3. The van der Waals surface area contributed by atoms with Crippen LogP contribution >= 0.6 is 0 Å². The minimum atomic E-state index is -4.61. The first-order chi connectivity index (χ1) is 33.6. The molecule has 1 aliphatic carbocycles. The number of aryl methyl sites for hydroxylation is 1. The summed E-state index contributed by atoms with van der Waals surface area (Å²) in [6.45, 7) is 17.5. The van der Waals surface area contributed by atoms with Crippen LogP contribution in [0.3, 0.4) is 0 Å². The first-order valence-corrected chi connectivity index (χ1v) is 24.3. The SMILES string of the molecule is C=CC(=O)Nc1cc(Nc2nc(-c3ccnc(N4CCn5c(cc6c5CC(C)(C)C6)C4=O)c3CO)cn(C)c2=O)ccc1N1CCN(C2CCN(c3ccc(F)c(C(C)(C)C(F)(F)F)c3)[C@H](C)C2)C[C@@H]1C. The number of hydrogen-bond donors (Lipinski definition) is 3. The normalized spacial score (nSPS) is 20.5. The zero-order valence-corrected chi connectivity index (χ0v) is 41.3. The van der Waals surface area contributed by atoms with Gasteiger partial charge in [0.1, 0.15) is 17.3 Å². The zero-order valence-electron chi connectivity index (χ0n) is 41.3. The summed E-state index contributed by atoms with van der Waals surface area (Å²) in [6.07, 6.45) is 3.08. The van der Waals surface area contributed by atoms with Crippen LogP contribution in [-0.4, -0.2) is 97.9 Å². The Hall–Kier alpha value is -6.53. The van der Waals surface area contributed by atoms with E-state index in [-0.39, 0.29) is 40.8 Å². The number of rotatable bonds is 11. The first-order valence-electron chi connectivity index (χ1n) is 24.3. The maximum atomic E-state index is 14.8. The van der Waals surface area contributed by atoms with Crippen molar-refractivity contribution in [3.8, 4) is 11.3 Å². The lowest BCUT2D eigenvalue weighted by Gasteiger charge is -2.48. The summed E-state index contributed by atoms with van der Waals surface area (Å²) >= 11 is 0. The number of halogens is 4. The lowest BCUT2D eigenvalue weighted by molar-refractivity contribution is -0.180. The molecular formula is C53H62F4N10O4. The number of hydrogen-bond acceptors (Lipinski definition) is 10. The Bertz CT molecular complexity index is 2980. The van der Waals surface area contributed by atoms with E-state index in [0.717, 1.165) is 57.8 Å². The van der Waals surface area contributed by atoms with Gasteiger partial charge in [0.05, 0.1) is 29.1 Å². The van der Waals surface area contributed by atoms with Crippen molar-refractivity contribution < 1.29 is 32.3 Å². The molecule has 18 heteroatoms. The standard InChI is InChI=1S/C53H62F4N10O4/c1-9-46(69)60-41-24-34(10-13-43(41)65-19-18-63(28-32(65)3)35-15-17-64(31(2)22-35)36-11-12-40(54)39(25-36)52(6,7)53(55,56)57)59-47-50(71)62(8)29-42(61-47)37-14-16-58-48(38(37)30-68)67-21-20-66-44(49(67)70)23-33-26-51(4,5)27-45(33)66/h9-14,16,23-25,29,31-32,35,68H,1,15,17-22,26-28,30H2,2-8H3,(H,59,61)(H,60,69)/t31-,32+,35?/m1/s1. The van der Waals surface area contributed by atoms with Crippen molar-refractivity contribution in [2.24, 2.45) is 12.5 Å². The third kappa shape index (κ3) is 9.20. The third-order valence-electron chi connectivity index (χ3n) is 15.1. The minimum Gasteiger partial charge on any atom is -0.392 e. The molecule has 71 heavy (non-hydrogen) atoms. The molecule has 2 saturated heterocycles. The largest absolute Gasteiger partial charge is 0.398 e. The molecule has 3 aliphatic heterocycles. The van der Waals surface area contributed by atoms with Gasteiger partial charge in [-0.3, -0.25) is 24.2 Å². The van der Waals surface area contributed by atoms with E-state index in [4.69, 9.17) is 4.98 Å². The summed E-state index contributed by atoms with van der Waals surface area (Å²) in [5.74, 6) is -1.15. The second-order valence-corrected chi connectivity index (χ2v) is 20.9. The highest BCUT2D eigenvalue weighted by molar-refractivity contribution is 6.06. The summed E-state index contributed by atoms with van der Waals surface area (Å²) in [4.78, 5) is 58.3. The van der Waals surface area contributed by atoms with Gasteiger partial charge < -0.3 is 34.7 Å². The fourth-order valence-electron chi connectivity index (χ4n) is 11.2. The van der Waals surface area contributed by atoms with Crippen molar-refractivity contribution in [2.45, 2.75) is 110 Å². The topological polar surface area (TPSA) is 144 Å². The van der Waals surface area contributed by atoms with Crippen LogP contribution in [0.5, 0.6) is 0 Å². The Labute approximate surface area is 411 Å². The van der Waals surface area contributed by atoms with Crippen LogP contribution in [0, 0.1) is 11.2 Å². The number of pyridine rings is 1. The fourth-order valence-corrected chi connectivity index (χ4v) is 11.2. The first kappa shape index (κ1) is 49.5. The van der Waals surface area contributed by atoms with Gasteiger partial charge in [0.15, 0.2) is 5.82 Å². The quantitative estimate of drug-likeness (QED) is 0.0874. The Morgan fingerprint density at radius 1 is 0.972 bits per heavy atom. The third-order valence-corrected chi connectivity index (χ3v) is 15.1. The van der Waals surface area contributed by atoms with Crippen molar-refractivity contribution in [2.75, 3.05) is 58.1 Å². The Morgan fingerprint density at radius 3 is 2.45 bits per heavy atom. The number of amides is 2. The number of carbonyl (C=O) groups excluding carboxylic acids is 2. The Balaban J connectivity index is 0.913. The number of anilines is 6. The van der Waals surface area contributed by atoms with Crippen molar-refractivity contribution in [3.05, 3.63) is 118 Å². The van der Waals surface area contributed by atoms with Crippen LogP contribution in [0.25, 0.3) is 11.3 Å². The molecule has 0 bridgehead atoms. The summed E-state index contributed by atoms with van der Waals surface area (Å²) < 4.78 is 60.2. The number of benzene rings is 2. The molecule has 2 fully saturated rings. The second kappa shape index (κ2) is 18.6. The number of piperazine rings is 1. The molecule has 3 atom stereocenters. The Morgan fingerprint density at radius 2 is 1.75 bits per heavy atom. The maximum absolute atomic E-state index is 14.8. The summed E-state index contributed by atoms with van der Waals surface area (Å²) in [5.41, 5.74) is 3.62. The molecule has 0 saturated carbocycles. The van der Waals surface area contributed by atoms with Crippen LogP contribution in [0.1, 0.15) is 87.3 Å². The van der Waals surface area contributed by atoms with E-state index in [1.165, 1.54) is 28.0 Å². The van der Waals surface area contributed by atoms with E-state index in [9.17, 15) is 37.1 Å². The van der Waals surface area contributed by atoms with Gasteiger partial charge in [0.25, 0.3) is 11.5 Å². The predicted octanol–water partition coefficient (Wildman–Crippen LogP) is 8.34. The molecule has 9 rings (SSSR count). The average molecular weight is 979 g/mol. The number of aliphatic hydroxyl groups is 1. The van der Waals surface area contributed by atoms with Crippen LogP contribution in [0.4, 0.5) is 51.9 Å². The van der Waals surface area contributed by atoms with Gasteiger partial charge in [0.2, 0.25) is 5.91 Å². The number of alkyl halides is 3. The summed E-state index contributed by atoms with van der Waals surface area (Å²) in [7, 11) is 1.61. The van der Waals surface area contributed by atoms with Gasteiger partial charge in [-0.15, -0.1) is 0 Å². The molecule has 0 spiro atoms. The van der Waals surface area contributed by atoms with E-state index in [1.54, 1.807) is 42.5 Å². The molecule has 5 aromatic rings. The number of aromatic nitrogens is 4. The second-order valence-electron chi connectivity index (χ2n) is 20.9. The molecule has 6 heterocycles. The van der Waals surface area contributed by atoms with Crippen LogP contribution < -0.4 is 30.9 Å². The summed E-state index contributed by atoms with van der Waals surface area (Å²) in [6, 6.07) is 13.4. The monoisotopic (exact) mass is 978 g/mol. The number of aliphatic hydroxyl groups excluding tert-OH is 1. The fraction of sp³-hybridized carbons (Fsp3) is 0.453. The molecule has 4 aliphatic rings. The maximum Gasteiger partial charge on any atom is 0.398 e. The van der Waals surface area contributed by atoms with E-state index < -0.39 is 35.5 Å². The number of carbonyl (C=O) groups is 2. The van der Waals surface area contributed by atoms with E-state index in [2.05, 4.69) is 69.2 Å². The molecule has 376 valence electrons. The average Bonchev–Trinajstić information content (AvgIpc) is 3.82. The lowest BCUT2D eigenvalue weighted by Crippen LogP contribution is -2.58. The molecule has 1 unspecified atom stereocenters. The molecule has 14 nitrogen and oxygen atoms in total. The minimum absolute atomic E-state index is 0.00223. The molecule has 2 aromatic carbocycles. The zero-order chi connectivity index (χ0) is 50.9. The van der Waals surface area contributed by atoms with Crippen LogP contribution in [0.15, 0.2) is 78.4 Å². The van der Waals surface area contributed by atoms with Gasteiger partial charge in [0, 0.05) is 111 Å². The van der Waals surface area contributed by atoms with Gasteiger partial charge in [-0.25, -0.2) is 14.4 Å². The van der Waals surface area contributed by atoms with Crippen molar-refractivity contribution in [3.63, 3.8) is 0 Å². The highest BCUT2D eigenvalue weighted by Gasteiger charge is 2.50. The Kier molecular flexibility index (Phi) is 12.9. The highest BCUT2D eigenvalue weighted by atomic mass is 19.4. The van der Waals surface area contributed by atoms with Crippen molar-refractivity contribution in [1.82, 2.24) is 24.0 Å². The van der Waals surface area contributed by atoms with Gasteiger partial charge in [-0.1, -0.05) is 20.4 Å². The van der Waals surface area contributed by atoms with E-state index >= 15 is 0 Å². The lowest BCUT2D eigenvalue weighted by atomic mass is 9.83. The predicted molar refractivity (Wildman–Crippen MR) is 268 cm³/mol. The molecule has 3 N–H and O–H groups in total. The smallest absolute Gasteiger partial charge is 0.392 e. The van der Waals surface area contributed by atoms with Crippen molar-refractivity contribution in [1.29, 1.82) is 0 Å². The van der Waals surface area contributed by atoms with Crippen LogP contribution in [0.2, 0.25) is 0 Å². The number of nitrogens with one attached hydrogen (secondary N) is 2. The molecule has 2 amide bonds. The van der Waals surface area contributed by atoms with Gasteiger partial charge >= 0.3 is 6.18 Å². The number of piperidine rings is 1. The highest BCUT2D eigenvalue weighted by Crippen LogP contribution is 2.44. The van der Waals surface area contributed by atoms with Crippen molar-refractivity contribution >= 4 is 46.2 Å². The molecular weight excluding hydrogens is 917 g/mol. The number of nitrogens with zero attached hydrogens (tertiary/aromatic N) is 8. The van der Waals surface area contributed by atoms with Crippen LogP contribution in [-0.2, 0) is 43.3 Å². The van der Waals surface area contributed by atoms with E-state index in [0.29, 0.717) is 78.1 Å². The van der Waals surface area contributed by atoms with Gasteiger partial charge in [-0.05, 0) is 119 Å². The van der Waals surface area contributed by atoms with E-state index in [1.807, 2.05) is 18.2 Å². The molecule has 3 aromatic heterocycles. The molecule has 0 radical (unpaired) electrons. The van der Waals surface area contributed by atoms with Gasteiger partial charge in [-0.2, -0.15) is 13.2 Å². The summed E-state index contributed by atoms with van der Waals surface area (Å²) in [5, 5.41) is 17.0.